The molecule has 0 amide bonds. The maximum Gasteiger partial charge on any atom is 0.338 e. The van der Waals surface area contributed by atoms with E-state index < -0.39 is 16.4 Å². The smallest absolute Gasteiger partial charge is 0.338 e. The Labute approximate surface area is 121 Å². The Kier molecular flexibility index (Phi) is 3.19. The van der Waals surface area contributed by atoms with E-state index in [0.29, 0.717) is 10.1 Å². The van der Waals surface area contributed by atoms with E-state index in [1.165, 1.54) is 6.07 Å². The number of aromatic nitrogens is 1. The summed E-state index contributed by atoms with van der Waals surface area (Å²) in [7, 11) is 0. The van der Waals surface area contributed by atoms with Crippen molar-refractivity contribution in [3.05, 3.63) is 67.9 Å². The molecule has 0 saturated heterocycles. The molecular weight excluding hydrogens is 294 g/mol. The van der Waals surface area contributed by atoms with Crippen molar-refractivity contribution in [2.75, 3.05) is 0 Å². The lowest BCUT2D eigenvalue weighted by atomic mass is 10.3. The molecule has 6 nitrogen and oxygen atoms in total. The number of benzene rings is 1. The lowest BCUT2D eigenvalue weighted by molar-refractivity contribution is 0.0696. The van der Waals surface area contributed by atoms with Gasteiger partial charge in [0.15, 0.2) is 0 Å². The van der Waals surface area contributed by atoms with E-state index in [-0.39, 0.29) is 17.9 Å². The fraction of sp³-hybridized carbons (Fsp3) is 0.0714. The van der Waals surface area contributed by atoms with Crippen LogP contribution in [0.2, 0.25) is 0 Å². The second-order valence-corrected chi connectivity index (χ2v) is 5.36. The zero-order valence-corrected chi connectivity index (χ0v) is 11.4. The molecule has 0 unspecified atom stereocenters. The lowest BCUT2D eigenvalue weighted by Gasteiger charge is -2.03. The van der Waals surface area contributed by atoms with E-state index >= 15 is 0 Å². The van der Waals surface area contributed by atoms with E-state index in [4.69, 9.17) is 9.52 Å². The van der Waals surface area contributed by atoms with Gasteiger partial charge in [-0.25, -0.2) is 4.79 Å². The Morgan fingerprint density at radius 2 is 2.05 bits per heavy atom. The van der Waals surface area contributed by atoms with Gasteiger partial charge < -0.3 is 9.52 Å². The van der Waals surface area contributed by atoms with Crippen molar-refractivity contribution >= 4 is 27.4 Å². The molecule has 106 valence electrons. The third-order valence-electron chi connectivity index (χ3n) is 2.99. The summed E-state index contributed by atoms with van der Waals surface area (Å²) >= 11 is 0.964. The van der Waals surface area contributed by atoms with Crippen LogP contribution < -0.4 is 10.4 Å². The first kappa shape index (κ1) is 13.3. The number of carbonyl (C=O) groups is 1. The highest BCUT2D eigenvalue weighted by atomic mass is 32.1. The first-order valence-electron chi connectivity index (χ1n) is 5.99. The predicted molar refractivity (Wildman–Crippen MR) is 77.1 cm³/mol. The number of carboxylic acids is 1. The summed E-state index contributed by atoms with van der Waals surface area (Å²) in [6.45, 7) is -0.0910. The summed E-state index contributed by atoms with van der Waals surface area (Å²) in [5.41, 5.74) is -0.433. The molecular formula is C14H9NO5S. The first-order valence-corrected chi connectivity index (χ1v) is 6.81. The van der Waals surface area contributed by atoms with Crippen LogP contribution >= 0.6 is 11.3 Å². The summed E-state index contributed by atoms with van der Waals surface area (Å²) in [4.78, 5) is 34.7. The summed E-state index contributed by atoms with van der Waals surface area (Å²) in [6.07, 6.45) is 1.08. The van der Waals surface area contributed by atoms with Gasteiger partial charge in [-0.1, -0.05) is 23.5 Å². The zero-order valence-electron chi connectivity index (χ0n) is 10.6. The summed E-state index contributed by atoms with van der Waals surface area (Å²) in [5.74, 6) is -0.880. The van der Waals surface area contributed by atoms with E-state index in [2.05, 4.69) is 0 Å². The largest absolute Gasteiger partial charge is 0.478 e. The highest BCUT2D eigenvalue weighted by molar-refractivity contribution is 7.16. The number of aromatic carboxylic acids is 1. The van der Waals surface area contributed by atoms with Crippen LogP contribution in [-0.2, 0) is 6.54 Å². The van der Waals surface area contributed by atoms with Crippen LogP contribution in [0.5, 0.6) is 0 Å². The topological polar surface area (TPSA) is 89.5 Å². The summed E-state index contributed by atoms with van der Waals surface area (Å²) in [6, 6.07) is 8.14. The average molecular weight is 303 g/mol. The molecule has 7 heteroatoms. The van der Waals surface area contributed by atoms with E-state index in [1.807, 2.05) is 0 Å². The lowest BCUT2D eigenvalue weighted by Crippen LogP contribution is -2.31. The van der Waals surface area contributed by atoms with Crippen LogP contribution in [0, 0.1) is 0 Å². The van der Waals surface area contributed by atoms with Gasteiger partial charge in [-0.05, 0) is 18.2 Å². The molecule has 1 aromatic carbocycles. The zero-order chi connectivity index (χ0) is 15.0. The molecule has 0 bridgehead atoms. The number of nitrogens with zero attached hydrogens (tertiary/aromatic N) is 1. The molecule has 2 aromatic heterocycles. The Hall–Kier alpha value is -2.67. The van der Waals surface area contributed by atoms with Crippen LogP contribution in [-0.4, -0.2) is 15.6 Å². The first-order chi connectivity index (χ1) is 10.1. The highest BCUT2D eigenvalue weighted by Crippen LogP contribution is 2.12. The molecule has 0 fully saturated rings. The minimum absolute atomic E-state index is 0.0186. The van der Waals surface area contributed by atoms with Crippen LogP contribution in [0.4, 0.5) is 0 Å². The SMILES string of the molecule is O=C(O)c1coc(Cn2c(=O)sc3ccccc3c2=O)c1. The van der Waals surface area contributed by atoms with Gasteiger partial charge in [0, 0.05) is 4.70 Å². The molecule has 1 N–H and O–H groups in total. The molecule has 3 aromatic rings. The molecule has 0 saturated carbocycles. The predicted octanol–water partition coefficient (Wildman–Crippen LogP) is 1.76. The van der Waals surface area contributed by atoms with E-state index in [0.717, 1.165) is 22.2 Å². The van der Waals surface area contributed by atoms with Crippen molar-refractivity contribution in [1.82, 2.24) is 4.57 Å². The van der Waals surface area contributed by atoms with E-state index in [1.54, 1.807) is 24.3 Å². The number of hydrogen-bond donors (Lipinski definition) is 1. The van der Waals surface area contributed by atoms with Crippen molar-refractivity contribution in [2.24, 2.45) is 0 Å². The highest BCUT2D eigenvalue weighted by Gasteiger charge is 2.12. The van der Waals surface area contributed by atoms with E-state index in [9.17, 15) is 14.4 Å². The molecule has 0 aliphatic rings. The molecule has 21 heavy (non-hydrogen) atoms. The fourth-order valence-corrected chi connectivity index (χ4v) is 2.84. The van der Waals surface area contributed by atoms with Crippen LogP contribution in [0.1, 0.15) is 16.1 Å². The third-order valence-corrected chi connectivity index (χ3v) is 3.97. The number of carboxylic acid groups (broad SMARTS) is 1. The second-order valence-electron chi connectivity index (χ2n) is 4.36. The van der Waals surface area contributed by atoms with Crippen molar-refractivity contribution in [1.29, 1.82) is 0 Å². The number of rotatable bonds is 3. The van der Waals surface area contributed by atoms with Gasteiger partial charge in [-0.3, -0.25) is 14.2 Å². The number of furan rings is 1. The summed E-state index contributed by atoms with van der Waals surface area (Å²) in [5, 5.41) is 9.28. The van der Waals surface area contributed by atoms with Gasteiger partial charge in [-0.15, -0.1) is 0 Å². The minimum Gasteiger partial charge on any atom is -0.478 e. The molecule has 2 heterocycles. The van der Waals surface area contributed by atoms with Crippen LogP contribution in [0.25, 0.3) is 10.1 Å². The van der Waals surface area contributed by atoms with Gasteiger partial charge >= 0.3 is 10.8 Å². The maximum atomic E-state index is 12.3. The third kappa shape index (κ3) is 2.38. The Balaban J connectivity index is 2.10. The number of fused-ring (bicyclic) bond motifs is 1. The van der Waals surface area contributed by atoms with Gasteiger partial charge in [0.05, 0.1) is 17.5 Å². The van der Waals surface area contributed by atoms with Gasteiger partial charge in [0.2, 0.25) is 0 Å². The number of hydrogen-bond acceptors (Lipinski definition) is 5. The second kappa shape index (κ2) is 5.02. The molecule has 0 spiro atoms. The standard InChI is InChI=1S/C14H9NO5S/c16-12-10-3-1-2-4-11(10)21-14(19)15(12)6-9-5-8(7-20-9)13(17)18/h1-5,7H,6H2,(H,17,18). The monoisotopic (exact) mass is 303 g/mol. The molecule has 3 rings (SSSR count). The minimum atomic E-state index is -1.12. The van der Waals surface area contributed by atoms with Crippen molar-refractivity contribution in [3.63, 3.8) is 0 Å². The quantitative estimate of drug-likeness (QED) is 0.796. The molecule has 0 radical (unpaired) electrons. The summed E-state index contributed by atoms with van der Waals surface area (Å²) < 4.78 is 6.74. The van der Waals surface area contributed by atoms with Crippen LogP contribution in [0.15, 0.2) is 50.6 Å². The van der Waals surface area contributed by atoms with Crippen molar-refractivity contribution in [2.45, 2.75) is 6.54 Å². The Morgan fingerprint density at radius 1 is 1.29 bits per heavy atom. The van der Waals surface area contributed by atoms with Gasteiger partial charge in [0.25, 0.3) is 5.56 Å². The van der Waals surface area contributed by atoms with Crippen LogP contribution in [0.3, 0.4) is 0 Å². The molecule has 0 atom stereocenters. The maximum absolute atomic E-state index is 12.3. The van der Waals surface area contributed by atoms with Gasteiger partial charge in [-0.2, -0.15) is 0 Å². The average Bonchev–Trinajstić information content (AvgIpc) is 2.92. The van der Waals surface area contributed by atoms with Crippen molar-refractivity contribution < 1.29 is 14.3 Å². The van der Waals surface area contributed by atoms with Gasteiger partial charge in [0.1, 0.15) is 12.0 Å². The van der Waals surface area contributed by atoms with Crippen molar-refractivity contribution in [3.8, 4) is 0 Å². The molecule has 0 aliphatic carbocycles. The Morgan fingerprint density at radius 3 is 2.76 bits per heavy atom. The normalized spacial score (nSPS) is 10.9. The Bertz CT molecular complexity index is 950. The molecule has 0 aliphatic heterocycles. The fourth-order valence-electron chi connectivity index (χ4n) is 1.98.